The molecule has 0 saturated carbocycles. The van der Waals surface area contributed by atoms with E-state index in [4.69, 9.17) is 0 Å². The quantitative estimate of drug-likeness (QED) is 0.787. The lowest BCUT2D eigenvalue weighted by Crippen LogP contribution is -2.20. The highest BCUT2D eigenvalue weighted by Gasteiger charge is 2.10. The Morgan fingerprint density at radius 1 is 1.24 bits per heavy atom. The highest BCUT2D eigenvalue weighted by molar-refractivity contribution is 7.10. The average Bonchev–Trinajstić information content (AvgIpc) is 2.95. The van der Waals surface area contributed by atoms with Crippen molar-refractivity contribution >= 4 is 27.4 Å². The molecule has 21 heavy (non-hydrogen) atoms. The van der Waals surface area contributed by atoms with Crippen LogP contribution in [0.15, 0.2) is 41.2 Å². The molecule has 0 saturated heterocycles. The van der Waals surface area contributed by atoms with Crippen LogP contribution in [0.1, 0.15) is 19.0 Å². The fourth-order valence-electron chi connectivity index (χ4n) is 2.24. The van der Waals surface area contributed by atoms with Crippen molar-refractivity contribution in [3.8, 4) is 0 Å². The van der Waals surface area contributed by atoms with Crippen LogP contribution in [-0.2, 0) is 6.54 Å². The minimum atomic E-state index is -0.0249. The van der Waals surface area contributed by atoms with Crippen molar-refractivity contribution in [2.45, 2.75) is 19.9 Å². The first kappa shape index (κ1) is 13.8. The highest BCUT2D eigenvalue weighted by Crippen LogP contribution is 2.20. The molecule has 0 unspecified atom stereocenters. The van der Waals surface area contributed by atoms with Gasteiger partial charge in [0.15, 0.2) is 0 Å². The zero-order valence-electron chi connectivity index (χ0n) is 11.7. The van der Waals surface area contributed by atoms with Gasteiger partial charge in [0, 0.05) is 24.1 Å². The van der Waals surface area contributed by atoms with E-state index in [9.17, 15) is 4.79 Å². The van der Waals surface area contributed by atoms with Gasteiger partial charge in [-0.3, -0.25) is 4.79 Å². The lowest BCUT2D eigenvalue weighted by Gasteiger charge is -2.09. The average molecular weight is 300 g/mol. The van der Waals surface area contributed by atoms with Crippen molar-refractivity contribution in [3.05, 3.63) is 52.4 Å². The number of pyridine rings is 1. The molecule has 2 aromatic heterocycles. The van der Waals surface area contributed by atoms with Crippen molar-refractivity contribution in [1.82, 2.24) is 14.2 Å². The SMILES string of the molecule is CCCNc1snnc1Cn1c(=O)ccc2ccccc21. The molecule has 108 valence electrons. The monoisotopic (exact) mass is 300 g/mol. The second-order valence-electron chi connectivity index (χ2n) is 4.79. The van der Waals surface area contributed by atoms with Crippen molar-refractivity contribution in [2.75, 3.05) is 11.9 Å². The van der Waals surface area contributed by atoms with E-state index in [-0.39, 0.29) is 5.56 Å². The fraction of sp³-hybridized carbons (Fsp3) is 0.267. The topological polar surface area (TPSA) is 59.8 Å². The summed E-state index contributed by atoms with van der Waals surface area (Å²) >= 11 is 1.33. The normalized spacial score (nSPS) is 10.9. The van der Waals surface area contributed by atoms with Crippen LogP contribution in [0.25, 0.3) is 10.9 Å². The second-order valence-corrected chi connectivity index (χ2v) is 5.55. The van der Waals surface area contributed by atoms with Gasteiger partial charge in [-0.15, -0.1) is 5.10 Å². The van der Waals surface area contributed by atoms with Gasteiger partial charge in [-0.05, 0) is 23.9 Å². The number of anilines is 1. The molecule has 0 aliphatic heterocycles. The van der Waals surface area contributed by atoms with E-state index in [0.29, 0.717) is 6.54 Å². The second kappa shape index (κ2) is 6.05. The Morgan fingerprint density at radius 3 is 2.95 bits per heavy atom. The number of nitrogens with zero attached hydrogens (tertiary/aromatic N) is 3. The van der Waals surface area contributed by atoms with E-state index in [2.05, 4.69) is 21.8 Å². The molecule has 3 rings (SSSR count). The van der Waals surface area contributed by atoms with Crippen molar-refractivity contribution in [1.29, 1.82) is 0 Å². The van der Waals surface area contributed by atoms with Crippen LogP contribution >= 0.6 is 11.5 Å². The first-order chi connectivity index (χ1) is 10.3. The Morgan fingerprint density at radius 2 is 2.10 bits per heavy atom. The molecule has 3 aromatic rings. The van der Waals surface area contributed by atoms with Crippen LogP contribution in [0.3, 0.4) is 0 Å². The molecule has 5 nitrogen and oxygen atoms in total. The Hall–Kier alpha value is -2.21. The molecule has 0 radical (unpaired) electrons. The first-order valence-electron chi connectivity index (χ1n) is 6.93. The minimum Gasteiger partial charge on any atom is -0.374 e. The summed E-state index contributed by atoms with van der Waals surface area (Å²) in [4.78, 5) is 12.2. The Bertz CT molecular complexity index is 809. The van der Waals surface area contributed by atoms with Gasteiger partial charge in [0.05, 0.1) is 12.1 Å². The van der Waals surface area contributed by atoms with Crippen LogP contribution < -0.4 is 10.9 Å². The summed E-state index contributed by atoms with van der Waals surface area (Å²) in [6.07, 6.45) is 1.03. The molecule has 0 aliphatic rings. The number of hydrogen-bond acceptors (Lipinski definition) is 5. The van der Waals surface area contributed by atoms with Gasteiger partial charge in [-0.1, -0.05) is 29.6 Å². The summed E-state index contributed by atoms with van der Waals surface area (Å²) in [5, 5.41) is 9.45. The number of nitrogens with one attached hydrogen (secondary N) is 1. The Balaban J connectivity index is 2.00. The molecule has 1 aromatic carbocycles. The van der Waals surface area contributed by atoms with Gasteiger partial charge in [0.25, 0.3) is 5.56 Å². The fourth-order valence-corrected chi connectivity index (χ4v) is 2.84. The van der Waals surface area contributed by atoms with E-state index in [0.717, 1.165) is 34.6 Å². The number of aromatic nitrogens is 3. The molecule has 0 amide bonds. The predicted octanol–water partition coefficient (Wildman–Crippen LogP) is 2.72. The third-order valence-electron chi connectivity index (χ3n) is 3.30. The Labute approximate surface area is 126 Å². The van der Waals surface area contributed by atoms with E-state index in [1.54, 1.807) is 10.6 Å². The van der Waals surface area contributed by atoms with Crippen molar-refractivity contribution in [3.63, 3.8) is 0 Å². The van der Waals surface area contributed by atoms with Crippen LogP contribution in [-0.4, -0.2) is 20.7 Å². The predicted molar refractivity (Wildman–Crippen MR) is 86.0 cm³/mol. The lowest BCUT2D eigenvalue weighted by molar-refractivity contribution is 0.766. The third-order valence-corrected chi connectivity index (χ3v) is 4.02. The van der Waals surface area contributed by atoms with Crippen LogP contribution in [0.4, 0.5) is 5.00 Å². The lowest BCUT2D eigenvalue weighted by atomic mass is 10.2. The van der Waals surface area contributed by atoms with Crippen LogP contribution in [0, 0.1) is 0 Å². The van der Waals surface area contributed by atoms with Gasteiger partial charge in [-0.2, -0.15) is 0 Å². The number of rotatable bonds is 5. The summed E-state index contributed by atoms with van der Waals surface area (Å²) < 4.78 is 5.73. The maximum absolute atomic E-state index is 12.2. The summed E-state index contributed by atoms with van der Waals surface area (Å²) in [5.74, 6) is 0. The van der Waals surface area contributed by atoms with Gasteiger partial charge >= 0.3 is 0 Å². The zero-order chi connectivity index (χ0) is 14.7. The summed E-state index contributed by atoms with van der Waals surface area (Å²) in [7, 11) is 0. The Kier molecular flexibility index (Phi) is 3.96. The van der Waals surface area contributed by atoms with Gasteiger partial charge < -0.3 is 9.88 Å². The summed E-state index contributed by atoms with van der Waals surface area (Å²) in [6.45, 7) is 3.42. The van der Waals surface area contributed by atoms with Crippen molar-refractivity contribution < 1.29 is 0 Å². The highest BCUT2D eigenvalue weighted by atomic mass is 32.1. The number of hydrogen-bond donors (Lipinski definition) is 1. The van der Waals surface area contributed by atoms with E-state index < -0.39 is 0 Å². The molecule has 2 heterocycles. The third kappa shape index (κ3) is 2.80. The van der Waals surface area contributed by atoms with Gasteiger partial charge in [0.2, 0.25) is 0 Å². The van der Waals surface area contributed by atoms with Crippen LogP contribution in [0.2, 0.25) is 0 Å². The van der Waals surface area contributed by atoms with Gasteiger partial charge in [-0.25, -0.2) is 0 Å². The number of fused-ring (bicyclic) bond motifs is 1. The van der Waals surface area contributed by atoms with Crippen LogP contribution in [0.5, 0.6) is 0 Å². The molecular formula is C15H16N4OS. The molecule has 0 fully saturated rings. The summed E-state index contributed by atoms with van der Waals surface area (Å²) in [5.41, 5.74) is 1.70. The molecule has 0 atom stereocenters. The molecule has 6 heteroatoms. The number of benzene rings is 1. The molecule has 0 spiro atoms. The molecule has 0 aliphatic carbocycles. The minimum absolute atomic E-state index is 0.0249. The maximum atomic E-state index is 12.2. The molecular weight excluding hydrogens is 284 g/mol. The zero-order valence-corrected chi connectivity index (χ0v) is 12.6. The standard InChI is InChI=1S/C15H16N4OS/c1-2-9-16-15-12(17-18-21-15)10-19-13-6-4-3-5-11(13)7-8-14(19)20/h3-8,16H,2,9-10H2,1H3. The van der Waals surface area contributed by atoms with E-state index >= 15 is 0 Å². The maximum Gasteiger partial charge on any atom is 0.251 e. The molecule has 0 bridgehead atoms. The number of para-hydroxylation sites is 1. The van der Waals surface area contributed by atoms with E-state index in [1.807, 2.05) is 30.3 Å². The van der Waals surface area contributed by atoms with E-state index in [1.165, 1.54) is 11.5 Å². The van der Waals surface area contributed by atoms with Gasteiger partial charge in [0.1, 0.15) is 10.7 Å². The summed E-state index contributed by atoms with van der Waals surface area (Å²) in [6, 6.07) is 11.3. The molecule has 1 N–H and O–H groups in total. The first-order valence-corrected chi connectivity index (χ1v) is 7.70. The largest absolute Gasteiger partial charge is 0.374 e. The smallest absolute Gasteiger partial charge is 0.251 e. The van der Waals surface area contributed by atoms with Crippen molar-refractivity contribution in [2.24, 2.45) is 0 Å².